The number of carbonyl (C=O) groups excluding carboxylic acids is 1. The molecule has 0 amide bonds. The van der Waals surface area contributed by atoms with Gasteiger partial charge in [-0.1, -0.05) is 30.3 Å². The van der Waals surface area contributed by atoms with Gasteiger partial charge in [0.2, 0.25) is 0 Å². The summed E-state index contributed by atoms with van der Waals surface area (Å²) >= 11 is 0. The second-order valence-electron chi connectivity index (χ2n) is 5.43. The molecule has 6 heteroatoms. The van der Waals surface area contributed by atoms with Crippen LogP contribution in [0.5, 0.6) is 0 Å². The van der Waals surface area contributed by atoms with Gasteiger partial charge in [0.25, 0.3) is 0 Å². The van der Waals surface area contributed by atoms with E-state index in [1.165, 1.54) is 7.11 Å². The van der Waals surface area contributed by atoms with Gasteiger partial charge in [-0.25, -0.2) is 14.3 Å². The smallest absolute Gasteiger partial charge is 0.339 e. The second-order valence-corrected chi connectivity index (χ2v) is 5.43. The first-order valence-corrected chi connectivity index (χ1v) is 7.60. The average molecular weight is 336 g/mol. The van der Waals surface area contributed by atoms with E-state index in [1.54, 1.807) is 35.9 Å². The maximum absolute atomic E-state index is 11.8. The Hall–Kier alpha value is -3.41. The Bertz CT molecular complexity index is 928. The maximum Gasteiger partial charge on any atom is 0.339 e. The predicted molar refractivity (Wildman–Crippen MR) is 92.0 cm³/mol. The fourth-order valence-electron chi connectivity index (χ4n) is 2.66. The van der Waals surface area contributed by atoms with E-state index in [0.29, 0.717) is 22.5 Å². The molecule has 0 aliphatic rings. The molecule has 0 saturated heterocycles. The summed E-state index contributed by atoms with van der Waals surface area (Å²) in [5.41, 5.74) is 2.80. The summed E-state index contributed by atoms with van der Waals surface area (Å²) in [6.45, 7) is 1.72. The minimum absolute atomic E-state index is 0.134. The highest BCUT2D eigenvalue weighted by atomic mass is 16.5. The van der Waals surface area contributed by atoms with E-state index in [2.05, 4.69) is 9.84 Å². The van der Waals surface area contributed by atoms with Crippen molar-refractivity contribution in [1.82, 2.24) is 9.78 Å². The van der Waals surface area contributed by atoms with Gasteiger partial charge >= 0.3 is 11.9 Å². The average Bonchev–Trinajstić information content (AvgIpc) is 2.99. The Balaban J connectivity index is 2.13. The number of para-hydroxylation sites is 1. The Morgan fingerprint density at radius 3 is 2.24 bits per heavy atom. The lowest BCUT2D eigenvalue weighted by molar-refractivity contribution is 0.0599. The summed E-state index contributed by atoms with van der Waals surface area (Å²) in [7, 11) is 1.31. The Morgan fingerprint density at radius 2 is 1.68 bits per heavy atom. The van der Waals surface area contributed by atoms with Crippen LogP contribution in [-0.4, -0.2) is 33.9 Å². The van der Waals surface area contributed by atoms with Crippen LogP contribution in [-0.2, 0) is 4.74 Å². The maximum atomic E-state index is 11.8. The van der Waals surface area contributed by atoms with Crippen LogP contribution in [0.15, 0.2) is 54.6 Å². The summed E-state index contributed by atoms with van der Waals surface area (Å²) in [5.74, 6) is -1.50. The molecule has 2 aromatic carbocycles. The third-order valence-corrected chi connectivity index (χ3v) is 3.91. The fraction of sp³-hybridized carbons (Fsp3) is 0.105. The lowest BCUT2D eigenvalue weighted by Gasteiger charge is -2.03. The molecule has 6 nitrogen and oxygen atoms in total. The number of carbonyl (C=O) groups is 2. The molecule has 1 heterocycles. The van der Waals surface area contributed by atoms with E-state index in [-0.39, 0.29) is 5.56 Å². The van der Waals surface area contributed by atoms with Crippen LogP contribution in [0.4, 0.5) is 0 Å². The zero-order valence-corrected chi connectivity index (χ0v) is 13.8. The van der Waals surface area contributed by atoms with Crippen LogP contribution < -0.4 is 0 Å². The first kappa shape index (κ1) is 16.4. The van der Waals surface area contributed by atoms with E-state index in [4.69, 9.17) is 0 Å². The van der Waals surface area contributed by atoms with Crippen molar-refractivity contribution in [3.63, 3.8) is 0 Å². The number of methoxy groups -OCH3 is 1. The van der Waals surface area contributed by atoms with Gasteiger partial charge in [-0.3, -0.25) is 0 Å². The van der Waals surface area contributed by atoms with Gasteiger partial charge < -0.3 is 9.84 Å². The van der Waals surface area contributed by atoms with E-state index >= 15 is 0 Å². The third kappa shape index (κ3) is 3.01. The topological polar surface area (TPSA) is 81.4 Å². The second kappa shape index (κ2) is 6.60. The number of aromatic nitrogens is 2. The van der Waals surface area contributed by atoms with Crippen molar-refractivity contribution in [2.75, 3.05) is 7.11 Å². The van der Waals surface area contributed by atoms with Crippen LogP contribution in [0.25, 0.3) is 16.9 Å². The van der Waals surface area contributed by atoms with Crippen LogP contribution in [0.3, 0.4) is 0 Å². The predicted octanol–water partition coefficient (Wildman–Crippen LogP) is 3.33. The molecule has 0 bridgehead atoms. The highest BCUT2D eigenvalue weighted by Crippen LogP contribution is 2.27. The zero-order chi connectivity index (χ0) is 18.0. The molecule has 1 N–H and O–H groups in total. The number of ether oxygens (including phenoxy) is 1. The van der Waals surface area contributed by atoms with Gasteiger partial charge in [0.05, 0.1) is 24.1 Å². The van der Waals surface area contributed by atoms with Crippen molar-refractivity contribution in [2.24, 2.45) is 0 Å². The van der Waals surface area contributed by atoms with Crippen LogP contribution >= 0.6 is 0 Å². The largest absolute Gasteiger partial charge is 0.478 e. The molecule has 0 saturated carbocycles. The van der Waals surface area contributed by atoms with Crippen LogP contribution in [0.1, 0.15) is 26.4 Å². The molecule has 0 fully saturated rings. The summed E-state index contributed by atoms with van der Waals surface area (Å²) in [4.78, 5) is 23.3. The number of carboxylic acid groups (broad SMARTS) is 1. The van der Waals surface area contributed by atoms with Crippen molar-refractivity contribution in [3.8, 4) is 16.9 Å². The molecule has 3 aromatic rings. The van der Waals surface area contributed by atoms with Gasteiger partial charge in [0, 0.05) is 5.56 Å². The van der Waals surface area contributed by atoms with Crippen molar-refractivity contribution in [3.05, 3.63) is 71.4 Å². The normalized spacial score (nSPS) is 10.5. The lowest BCUT2D eigenvalue weighted by atomic mass is 10.0. The number of rotatable bonds is 4. The fourth-order valence-corrected chi connectivity index (χ4v) is 2.66. The summed E-state index contributed by atoms with van der Waals surface area (Å²) < 4.78 is 6.28. The number of benzene rings is 2. The summed E-state index contributed by atoms with van der Waals surface area (Å²) in [5, 5.41) is 14.1. The minimum atomic E-state index is -1.05. The molecule has 0 aliphatic heterocycles. The Kier molecular flexibility index (Phi) is 4.35. The standard InChI is InChI=1S/C19H16N2O4/c1-12-16(18(22)23)17(20-21(12)15-6-4-3-5-7-15)13-8-10-14(11-9-13)19(24)25-2/h3-11H,1-2H3,(H,22,23). The molecule has 126 valence electrons. The first-order valence-electron chi connectivity index (χ1n) is 7.60. The molecule has 0 aliphatic carbocycles. The van der Waals surface area contributed by atoms with E-state index in [9.17, 15) is 14.7 Å². The lowest BCUT2D eigenvalue weighted by Crippen LogP contribution is -2.02. The van der Waals surface area contributed by atoms with Gasteiger partial charge in [-0.15, -0.1) is 0 Å². The van der Waals surface area contributed by atoms with Gasteiger partial charge in [0.15, 0.2) is 0 Å². The van der Waals surface area contributed by atoms with Crippen molar-refractivity contribution < 1.29 is 19.4 Å². The molecule has 0 atom stereocenters. The minimum Gasteiger partial charge on any atom is -0.478 e. The first-order chi connectivity index (χ1) is 12.0. The monoisotopic (exact) mass is 336 g/mol. The van der Waals surface area contributed by atoms with E-state index < -0.39 is 11.9 Å². The summed E-state index contributed by atoms with van der Waals surface area (Å²) in [6.07, 6.45) is 0. The van der Waals surface area contributed by atoms with Crippen molar-refractivity contribution in [2.45, 2.75) is 6.92 Å². The molecule has 0 unspecified atom stereocenters. The van der Waals surface area contributed by atoms with Gasteiger partial charge in [-0.2, -0.15) is 5.10 Å². The number of hydrogen-bond donors (Lipinski definition) is 1. The highest BCUT2D eigenvalue weighted by Gasteiger charge is 2.22. The van der Waals surface area contributed by atoms with Crippen molar-refractivity contribution in [1.29, 1.82) is 0 Å². The third-order valence-electron chi connectivity index (χ3n) is 3.91. The van der Waals surface area contributed by atoms with Gasteiger partial charge in [-0.05, 0) is 31.2 Å². The molecule has 1 aromatic heterocycles. The Morgan fingerprint density at radius 1 is 1.04 bits per heavy atom. The van der Waals surface area contributed by atoms with Crippen LogP contribution in [0.2, 0.25) is 0 Å². The summed E-state index contributed by atoms with van der Waals surface area (Å²) in [6, 6.07) is 15.8. The van der Waals surface area contributed by atoms with E-state index in [0.717, 1.165) is 5.69 Å². The zero-order valence-electron chi connectivity index (χ0n) is 13.8. The molecular weight excluding hydrogens is 320 g/mol. The van der Waals surface area contributed by atoms with E-state index in [1.807, 2.05) is 30.3 Å². The molecule has 3 rings (SSSR count). The van der Waals surface area contributed by atoms with Crippen molar-refractivity contribution >= 4 is 11.9 Å². The SMILES string of the molecule is COC(=O)c1ccc(-c2nn(-c3ccccc3)c(C)c2C(=O)O)cc1. The van der Waals surface area contributed by atoms with Gasteiger partial charge in [0.1, 0.15) is 11.3 Å². The Labute approximate surface area is 144 Å². The number of esters is 1. The number of hydrogen-bond acceptors (Lipinski definition) is 4. The quantitative estimate of drug-likeness (QED) is 0.739. The number of aromatic carboxylic acids is 1. The van der Waals surface area contributed by atoms with Crippen LogP contribution in [0, 0.1) is 6.92 Å². The highest BCUT2D eigenvalue weighted by molar-refractivity contribution is 5.97. The molecule has 0 spiro atoms. The molecule has 0 radical (unpaired) electrons. The molecule has 25 heavy (non-hydrogen) atoms. The number of carboxylic acids is 1. The number of nitrogens with zero attached hydrogens (tertiary/aromatic N) is 2. The molecular formula is C19H16N2O4.